The lowest BCUT2D eigenvalue weighted by atomic mass is 10.1. The topological polar surface area (TPSA) is 83.0 Å². The molecule has 3 N–H and O–H groups in total. The van der Waals surface area contributed by atoms with Crippen molar-refractivity contribution in [3.8, 4) is 0 Å². The van der Waals surface area contributed by atoms with Gasteiger partial charge in [0.15, 0.2) is 5.13 Å². The van der Waals surface area contributed by atoms with Crippen LogP contribution in [0, 0.1) is 5.92 Å². The summed E-state index contributed by atoms with van der Waals surface area (Å²) in [5, 5.41) is 16.4. The number of benzene rings is 1. The molecule has 3 rings (SSSR count). The third-order valence-electron chi connectivity index (χ3n) is 4.61. The van der Waals surface area contributed by atoms with Gasteiger partial charge in [-0.2, -0.15) is 4.98 Å². The van der Waals surface area contributed by atoms with E-state index in [1.54, 1.807) is 11.3 Å². The molecule has 0 aliphatic heterocycles. The number of anilines is 3. The summed E-state index contributed by atoms with van der Waals surface area (Å²) in [7, 11) is 0. The molecule has 0 fully saturated rings. The van der Waals surface area contributed by atoms with Crippen LogP contribution in [0.1, 0.15) is 51.3 Å². The summed E-state index contributed by atoms with van der Waals surface area (Å²) in [6.45, 7) is 7.59. The highest BCUT2D eigenvalue weighted by Gasteiger charge is 2.10. The van der Waals surface area contributed by atoms with Crippen molar-refractivity contribution in [3.63, 3.8) is 0 Å². The number of nitrogens with zero attached hydrogens (tertiary/aromatic N) is 3. The maximum Gasteiger partial charge on any atom is 0.224 e. The Morgan fingerprint density at radius 2 is 1.93 bits per heavy atom. The van der Waals surface area contributed by atoms with Gasteiger partial charge in [-0.15, -0.1) is 0 Å². The second kappa shape index (κ2) is 10.5. The van der Waals surface area contributed by atoms with Crippen LogP contribution in [-0.4, -0.2) is 33.2 Å². The van der Waals surface area contributed by atoms with E-state index in [0.29, 0.717) is 11.9 Å². The van der Waals surface area contributed by atoms with Gasteiger partial charge in [0, 0.05) is 24.9 Å². The van der Waals surface area contributed by atoms with Gasteiger partial charge in [-0.1, -0.05) is 38.2 Å². The first-order chi connectivity index (χ1) is 14.1. The molecule has 0 aliphatic rings. The van der Waals surface area contributed by atoms with E-state index in [1.165, 1.54) is 10.3 Å². The molecule has 0 atom stereocenters. The SMILES string of the molecule is CCc1ccc2nc(Nc3cc(CC(C)C)nc(NCCCCCO)n3)sc2c1. The predicted molar refractivity (Wildman–Crippen MR) is 122 cm³/mol. The van der Waals surface area contributed by atoms with Crippen LogP contribution < -0.4 is 10.6 Å². The number of nitrogens with one attached hydrogen (secondary N) is 2. The van der Waals surface area contributed by atoms with Crippen molar-refractivity contribution in [1.82, 2.24) is 15.0 Å². The number of fused-ring (bicyclic) bond motifs is 1. The molecule has 156 valence electrons. The Morgan fingerprint density at radius 3 is 2.69 bits per heavy atom. The minimum atomic E-state index is 0.246. The lowest BCUT2D eigenvalue weighted by molar-refractivity contribution is 0.283. The number of aromatic nitrogens is 3. The Bertz CT molecular complexity index is 925. The molecule has 0 aliphatic carbocycles. The number of hydrogen-bond acceptors (Lipinski definition) is 7. The Morgan fingerprint density at radius 1 is 1.07 bits per heavy atom. The fraction of sp³-hybridized carbons (Fsp3) is 0.500. The van der Waals surface area contributed by atoms with Crippen LogP contribution >= 0.6 is 11.3 Å². The summed E-state index contributed by atoms with van der Waals surface area (Å²) in [5.41, 5.74) is 3.35. The Kier molecular flexibility index (Phi) is 7.77. The van der Waals surface area contributed by atoms with Crippen LogP contribution in [0.15, 0.2) is 24.3 Å². The van der Waals surface area contributed by atoms with Gasteiger partial charge >= 0.3 is 0 Å². The molecule has 1 aromatic carbocycles. The maximum atomic E-state index is 8.90. The molecular formula is C22H31N5OS. The molecule has 0 saturated heterocycles. The van der Waals surface area contributed by atoms with E-state index in [-0.39, 0.29) is 6.61 Å². The van der Waals surface area contributed by atoms with E-state index >= 15 is 0 Å². The molecule has 0 radical (unpaired) electrons. The second-order valence-electron chi connectivity index (χ2n) is 7.68. The second-order valence-corrected chi connectivity index (χ2v) is 8.71. The van der Waals surface area contributed by atoms with Crippen LogP contribution in [0.4, 0.5) is 16.9 Å². The quantitative estimate of drug-likeness (QED) is 0.376. The molecule has 7 heteroatoms. The average Bonchev–Trinajstić information content (AvgIpc) is 3.08. The first kappa shape index (κ1) is 21.5. The lowest BCUT2D eigenvalue weighted by Gasteiger charge is -2.11. The molecule has 29 heavy (non-hydrogen) atoms. The minimum absolute atomic E-state index is 0.246. The van der Waals surface area contributed by atoms with E-state index in [2.05, 4.69) is 59.6 Å². The molecule has 0 amide bonds. The van der Waals surface area contributed by atoms with Gasteiger partial charge in [0.05, 0.1) is 10.2 Å². The number of thiazole rings is 1. The zero-order valence-electron chi connectivity index (χ0n) is 17.5. The maximum absolute atomic E-state index is 8.90. The molecule has 0 unspecified atom stereocenters. The van der Waals surface area contributed by atoms with Crippen molar-refractivity contribution in [2.45, 2.75) is 52.9 Å². The molecule has 2 aromatic heterocycles. The van der Waals surface area contributed by atoms with Crippen molar-refractivity contribution in [2.24, 2.45) is 5.92 Å². The van der Waals surface area contributed by atoms with Crippen molar-refractivity contribution in [2.75, 3.05) is 23.8 Å². The smallest absolute Gasteiger partial charge is 0.224 e. The number of unbranched alkanes of at least 4 members (excludes halogenated alkanes) is 2. The van der Waals surface area contributed by atoms with Crippen molar-refractivity contribution >= 4 is 38.5 Å². The van der Waals surface area contributed by atoms with Crippen molar-refractivity contribution < 1.29 is 5.11 Å². The lowest BCUT2D eigenvalue weighted by Crippen LogP contribution is -2.09. The number of hydrogen-bond donors (Lipinski definition) is 3. The van der Waals surface area contributed by atoms with Gasteiger partial charge in [0.1, 0.15) is 5.82 Å². The molecule has 0 bridgehead atoms. The third kappa shape index (κ3) is 6.37. The highest BCUT2D eigenvalue weighted by Crippen LogP contribution is 2.29. The summed E-state index contributed by atoms with van der Waals surface area (Å²) < 4.78 is 1.19. The number of aryl methyl sites for hydroxylation is 1. The number of aliphatic hydroxyl groups is 1. The first-order valence-electron chi connectivity index (χ1n) is 10.5. The van der Waals surface area contributed by atoms with E-state index < -0.39 is 0 Å². The van der Waals surface area contributed by atoms with Crippen LogP contribution in [-0.2, 0) is 12.8 Å². The molecule has 0 saturated carbocycles. The summed E-state index contributed by atoms with van der Waals surface area (Å²) in [6.07, 6.45) is 4.73. The molecule has 3 aromatic rings. The van der Waals surface area contributed by atoms with E-state index in [9.17, 15) is 0 Å². The van der Waals surface area contributed by atoms with Crippen molar-refractivity contribution in [1.29, 1.82) is 0 Å². The third-order valence-corrected chi connectivity index (χ3v) is 5.54. The van der Waals surface area contributed by atoms with Gasteiger partial charge in [-0.25, -0.2) is 9.97 Å². The Balaban J connectivity index is 1.76. The van der Waals surface area contributed by atoms with Gasteiger partial charge in [0.2, 0.25) is 5.95 Å². The normalized spacial score (nSPS) is 11.3. The number of aliphatic hydroxyl groups excluding tert-OH is 1. The van der Waals surface area contributed by atoms with Crippen molar-refractivity contribution in [3.05, 3.63) is 35.5 Å². The molecule has 6 nitrogen and oxygen atoms in total. The van der Waals surface area contributed by atoms with Gasteiger partial charge < -0.3 is 15.7 Å². The fourth-order valence-corrected chi connectivity index (χ4v) is 4.07. The van der Waals surface area contributed by atoms with Gasteiger partial charge in [-0.3, -0.25) is 0 Å². The molecule has 2 heterocycles. The first-order valence-corrected chi connectivity index (χ1v) is 11.3. The monoisotopic (exact) mass is 413 g/mol. The van der Waals surface area contributed by atoms with Gasteiger partial charge in [-0.05, 0) is 55.7 Å². The molecule has 0 spiro atoms. The highest BCUT2D eigenvalue weighted by atomic mass is 32.1. The highest BCUT2D eigenvalue weighted by molar-refractivity contribution is 7.22. The zero-order valence-corrected chi connectivity index (χ0v) is 18.4. The van der Waals surface area contributed by atoms with E-state index in [4.69, 9.17) is 10.1 Å². The zero-order chi connectivity index (χ0) is 20.6. The van der Waals surface area contributed by atoms with Crippen LogP contribution in [0.5, 0.6) is 0 Å². The largest absolute Gasteiger partial charge is 0.396 e. The summed E-state index contributed by atoms with van der Waals surface area (Å²) in [6, 6.07) is 8.44. The van der Waals surface area contributed by atoms with E-state index in [0.717, 1.165) is 60.8 Å². The van der Waals surface area contributed by atoms with Crippen LogP contribution in [0.3, 0.4) is 0 Å². The fourth-order valence-electron chi connectivity index (χ4n) is 3.13. The summed E-state index contributed by atoms with van der Waals surface area (Å²) in [4.78, 5) is 14.0. The van der Waals surface area contributed by atoms with Gasteiger partial charge in [0.25, 0.3) is 0 Å². The van der Waals surface area contributed by atoms with Crippen LogP contribution in [0.2, 0.25) is 0 Å². The average molecular weight is 414 g/mol. The predicted octanol–water partition coefficient (Wildman–Crippen LogP) is 5.17. The Labute approximate surface area is 176 Å². The summed E-state index contributed by atoms with van der Waals surface area (Å²) in [5.74, 6) is 1.93. The molecular weight excluding hydrogens is 382 g/mol. The van der Waals surface area contributed by atoms with Crippen LogP contribution in [0.25, 0.3) is 10.2 Å². The number of rotatable bonds is 11. The standard InChI is InChI=1S/C22H31N5OS/c1-4-16-8-9-18-19(13-16)29-22(25-18)27-20-14-17(12-15(2)3)24-21(26-20)23-10-6-5-7-11-28/h8-9,13-15,28H,4-7,10-12H2,1-3H3,(H2,23,24,25,26,27). The Hall–Kier alpha value is -2.25. The summed E-state index contributed by atoms with van der Waals surface area (Å²) >= 11 is 1.65. The van der Waals surface area contributed by atoms with E-state index in [1.807, 2.05) is 6.07 Å². The minimum Gasteiger partial charge on any atom is -0.396 e.